The van der Waals surface area contributed by atoms with Crippen molar-refractivity contribution in [3.63, 3.8) is 0 Å². The van der Waals surface area contributed by atoms with Gasteiger partial charge >= 0.3 is 5.97 Å². The van der Waals surface area contributed by atoms with Gasteiger partial charge in [-0.3, -0.25) is 4.79 Å². The number of halogens is 1. The fourth-order valence-corrected chi connectivity index (χ4v) is 1.79. The normalized spacial score (nSPS) is 11.2. The molecular weight excluding hydrogens is 236 g/mol. The minimum absolute atomic E-state index is 0.176. The van der Waals surface area contributed by atoms with Gasteiger partial charge in [0.05, 0.1) is 11.6 Å². The first-order valence-electron chi connectivity index (χ1n) is 4.27. The maximum atomic E-state index is 11.2. The maximum absolute atomic E-state index is 11.2. The van der Waals surface area contributed by atoms with Gasteiger partial charge in [0.1, 0.15) is 0 Å². The van der Waals surface area contributed by atoms with Gasteiger partial charge in [-0.2, -0.15) is 0 Å². The lowest BCUT2D eigenvalue weighted by Crippen LogP contribution is -2.14. The van der Waals surface area contributed by atoms with Gasteiger partial charge < -0.3 is 4.74 Å². The number of hydrogen-bond acceptors (Lipinski definition) is 4. The van der Waals surface area contributed by atoms with E-state index in [9.17, 15) is 9.59 Å². The molecule has 1 rings (SSSR count). The summed E-state index contributed by atoms with van der Waals surface area (Å²) in [5, 5.41) is 2.09. The van der Waals surface area contributed by atoms with E-state index in [4.69, 9.17) is 11.6 Å². The summed E-state index contributed by atoms with van der Waals surface area (Å²) in [6.07, 6.45) is 1.07. The van der Waals surface area contributed by atoms with Crippen LogP contribution in [0.5, 0.6) is 0 Å². The number of carbonyl (C=O) groups is 2. The maximum Gasteiger partial charge on any atom is 0.379 e. The molecule has 0 saturated carbocycles. The van der Waals surface area contributed by atoms with Crippen molar-refractivity contribution in [1.29, 1.82) is 0 Å². The van der Waals surface area contributed by atoms with Crippen LogP contribution in [-0.4, -0.2) is 18.4 Å². The lowest BCUT2D eigenvalue weighted by atomic mass is 10.3. The molecule has 3 nitrogen and oxygen atoms in total. The van der Waals surface area contributed by atoms with Gasteiger partial charge in [-0.25, -0.2) is 4.79 Å². The molecular formula is C10H9ClO3S. The van der Waals surface area contributed by atoms with Gasteiger partial charge in [0.2, 0.25) is 0 Å². The van der Waals surface area contributed by atoms with Gasteiger partial charge in [-0.15, -0.1) is 11.3 Å². The summed E-state index contributed by atoms with van der Waals surface area (Å²) in [5.74, 6) is -1.62. The average molecular weight is 245 g/mol. The van der Waals surface area contributed by atoms with E-state index in [1.807, 2.05) is 11.4 Å². The second kappa shape index (κ2) is 5.68. The molecule has 0 aliphatic rings. The zero-order valence-electron chi connectivity index (χ0n) is 8.03. The molecule has 0 aliphatic heterocycles. The van der Waals surface area contributed by atoms with Crippen molar-refractivity contribution < 1.29 is 14.3 Å². The minimum atomic E-state index is -0.882. The van der Waals surface area contributed by atoms with Crippen molar-refractivity contribution in [2.24, 2.45) is 0 Å². The standard InChI is InChI=1S/C10H9ClO3S/c1-2-14-10(13)8(12)6-7(11)9-4-3-5-15-9/h3-6H,2H2,1H3/b7-6-. The second-order valence-electron chi connectivity index (χ2n) is 2.55. The fourth-order valence-electron chi connectivity index (χ4n) is 0.862. The molecule has 5 heteroatoms. The number of thiophene rings is 1. The van der Waals surface area contributed by atoms with Crippen molar-refractivity contribution in [3.8, 4) is 0 Å². The molecule has 0 spiro atoms. The Labute approximate surface area is 96.3 Å². The van der Waals surface area contributed by atoms with Crippen LogP contribution in [0.3, 0.4) is 0 Å². The van der Waals surface area contributed by atoms with Crippen LogP contribution < -0.4 is 0 Å². The van der Waals surface area contributed by atoms with E-state index in [1.165, 1.54) is 11.3 Å². The molecule has 0 saturated heterocycles. The first kappa shape index (κ1) is 11.9. The Morgan fingerprint density at radius 3 is 2.87 bits per heavy atom. The van der Waals surface area contributed by atoms with Crippen LogP contribution in [0, 0.1) is 0 Å². The van der Waals surface area contributed by atoms with E-state index in [0.29, 0.717) is 0 Å². The Hall–Kier alpha value is -1.13. The van der Waals surface area contributed by atoms with E-state index < -0.39 is 11.8 Å². The predicted octanol–water partition coefficient (Wildman–Crippen LogP) is 2.46. The highest BCUT2D eigenvalue weighted by Crippen LogP contribution is 2.23. The first-order valence-corrected chi connectivity index (χ1v) is 5.53. The third-order valence-corrected chi connectivity index (χ3v) is 2.82. The summed E-state index contributed by atoms with van der Waals surface area (Å²) >= 11 is 7.22. The van der Waals surface area contributed by atoms with Gasteiger partial charge in [0.15, 0.2) is 0 Å². The van der Waals surface area contributed by atoms with Crippen molar-refractivity contribution in [3.05, 3.63) is 28.5 Å². The molecule has 0 radical (unpaired) electrons. The van der Waals surface area contributed by atoms with Crippen LogP contribution in [-0.2, 0) is 14.3 Å². The smallest absolute Gasteiger partial charge is 0.379 e. The largest absolute Gasteiger partial charge is 0.460 e. The van der Waals surface area contributed by atoms with Crippen molar-refractivity contribution in [2.75, 3.05) is 6.61 Å². The van der Waals surface area contributed by atoms with Crippen LogP contribution >= 0.6 is 22.9 Å². The zero-order chi connectivity index (χ0) is 11.3. The first-order chi connectivity index (χ1) is 7.15. The Balaban J connectivity index is 2.71. The highest BCUT2D eigenvalue weighted by atomic mass is 35.5. The molecule has 0 atom stereocenters. The highest BCUT2D eigenvalue weighted by Gasteiger charge is 2.13. The highest BCUT2D eigenvalue weighted by molar-refractivity contribution is 7.12. The molecule has 0 amide bonds. The summed E-state index contributed by atoms with van der Waals surface area (Å²) in [6, 6.07) is 3.58. The molecule has 80 valence electrons. The van der Waals surface area contributed by atoms with Gasteiger partial charge in [-0.1, -0.05) is 17.7 Å². The predicted molar refractivity (Wildman–Crippen MR) is 59.8 cm³/mol. The molecule has 1 aromatic rings. The topological polar surface area (TPSA) is 43.4 Å². The fraction of sp³-hybridized carbons (Fsp3) is 0.200. The lowest BCUT2D eigenvalue weighted by molar-refractivity contribution is -0.151. The Morgan fingerprint density at radius 1 is 1.60 bits per heavy atom. The van der Waals surface area contributed by atoms with Gasteiger partial charge in [0.25, 0.3) is 5.78 Å². The molecule has 0 unspecified atom stereocenters. The molecule has 0 bridgehead atoms. The number of ether oxygens (including phenoxy) is 1. The summed E-state index contributed by atoms with van der Waals surface area (Å²) in [5.41, 5.74) is 0. The van der Waals surface area contributed by atoms with Gasteiger partial charge in [0, 0.05) is 11.0 Å². The molecule has 15 heavy (non-hydrogen) atoms. The SMILES string of the molecule is CCOC(=O)C(=O)/C=C(\Cl)c1cccs1. The zero-order valence-corrected chi connectivity index (χ0v) is 9.60. The van der Waals surface area contributed by atoms with Crippen LogP contribution in [0.2, 0.25) is 0 Å². The summed E-state index contributed by atoms with van der Waals surface area (Å²) < 4.78 is 4.53. The van der Waals surface area contributed by atoms with Crippen molar-refractivity contribution >= 4 is 39.7 Å². The molecule has 1 aromatic heterocycles. The summed E-state index contributed by atoms with van der Waals surface area (Å²) in [6.45, 7) is 1.81. The van der Waals surface area contributed by atoms with Crippen molar-refractivity contribution in [2.45, 2.75) is 6.92 Å². The van der Waals surface area contributed by atoms with E-state index in [2.05, 4.69) is 4.74 Å². The van der Waals surface area contributed by atoms with E-state index in [-0.39, 0.29) is 11.6 Å². The van der Waals surface area contributed by atoms with E-state index in [1.54, 1.807) is 13.0 Å². The third kappa shape index (κ3) is 3.49. The second-order valence-corrected chi connectivity index (χ2v) is 3.91. The number of hydrogen-bond donors (Lipinski definition) is 0. The molecule has 0 fully saturated rings. The monoisotopic (exact) mass is 244 g/mol. The average Bonchev–Trinajstić information content (AvgIpc) is 2.70. The van der Waals surface area contributed by atoms with Crippen LogP contribution in [0.25, 0.3) is 5.03 Å². The summed E-state index contributed by atoms with van der Waals surface area (Å²) in [4.78, 5) is 22.9. The third-order valence-electron chi connectivity index (χ3n) is 1.49. The number of carbonyl (C=O) groups excluding carboxylic acids is 2. The molecule has 0 aromatic carbocycles. The van der Waals surface area contributed by atoms with Crippen LogP contribution in [0.1, 0.15) is 11.8 Å². The molecule has 1 heterocycles. The minimum Gasteiger partial charge on any atom is -0.460 e. The van der Waals surface area contributed by atoms with Gasteiger partial charge in [-0.05, 0) is 18.4 Å². The van der Waals surface area contributed by atoms with Crippen LogP contribution in [0.15, 0.2) is 23.6 Å². The number of rotatable bonds is 4. The Morgan fingerprint density at radius 2 is 2.33 bits per heavy atom. The van der Waals surface area contributed by atoms with Crippen LogP contribution in [0.4, 0.5) is 0 Å². The Kier molecular flexibility index (Phi) is 4.52. The van der Waals surface area contributed by atoms with E-state index >= 15 is 0 Å². The molecule has 0 aliphatic carbocycles. The summed E-state index contributed by atoms with van der Waals surface area (Å²) in [7, 11) is 0. The quantitative estimate of drug-likeness (QED) is 0.464. The lowest BCUT2D eigenvalue weighted by Gasteiger charge is -1.97. The number of esters is 1. The molecule has 0 N–H and O–H groups in total. The number of ketones is 1. The Bertz CT molecular complexity index is 381. The van der Waals surface area contributed by atoms with E-state index in [0.717, 1.165) is 11.0 Å². The van der Waals surface area contributed by atoms with Crippen molar-refractivity contribution in [1.82, 2.24) is 0 Å².